The number of hydrogen-bond acceptors (Lipinski definition) is 4. The maximum Gasteiger partial charge on any atom is 0.254 e. The van der Waals surface area contributed by atoms with Crippen LogP contribution in [0, 0.1) is 11.6 Å². The molecule has 3 N–H and O–H groups in total. The fourth-order valence-electron chi connectivity index (χ4n) is 2.56. The SMILES string of the molecule is COC1(C)CCCN(C(=O)c2cc(F)c(NN)c(F)c2)C1. The molecular formula is C14H19F2N3O2. The van der Waals surface area contributed by atoms with Gasteiger partial charge in [-0.2, -0.15) is 0 Å². The van der Waals surface area contributed by atoms with Gasteiger partial charge >= 0.3 is 0 Å². The summed E-state index contributed by atoms with van der Waals surface area (Å²) in [5, 5.41) is 0. The van der Waals surface area contributed by atoms with Crippen molar-refractivity contribution in [1.82, 2.24) is 4.90 Å². The summed E-state index contributed by atoms with van der Waals surface area (Å²) < 4.78 is 32.8. The van der Waals surface area contributed by atoms with Gasteiger partial charge in [0.15, 0.2) is 11.6 Å². The molecule has 0 radical (unpaired) electrons. The van der Waals surface area contributed by atoms with Crippen LogP contribution < -0.4 is 11.3 Å². The fourth-order valence-corrected chi connectivity index (χ4v) is 2.56. The summed E-state index contributed by atoms with van der Waals surface area (Å²) in [6.45, 7) is 2.84. The summed E-state index contributed by atoms with van der Waals surface area (Å²) in [5.41, 5.74) is 1.02. The van der Waals surface area contributed by atoms with E-state index in [-0.39, 0.29) is 5.56 Å². The molecule has 1 aliphatic rings. The molecule has 1 heterocycles. The maximum absolute atomic E-state index is 13.7. The van der Waals surface area contributed by atoms with Crippen molar-refractivity contribution in [3.63, 3.8) is 0 Å². The summed E-state index contributed by atoms with van der Waals surface area (Å²) in [4.78, 5) is 13.9. The molecule has 1 saturated heterocycles. The van der Waals surface area contributed by atoms with Crippen molar-refractivity contribution in [2.45, 2.75) is 25.4 Å². The van der Waals surface area contributed by atoms with Crippen molar-refractivity contribution in [2.24, 2.45) is 5.84 Å². The Morgan fingerprint density at radius 2 is 2.05 bits per heavy atom. The second-order valence-corrected chi connectivity index (χ2v) is 5.44. The average Bonchev–Trinajstić information content (AvgIpc) is 2.46. The molecule has 1 atom stereocenters. The van der Waals surface area contributed by atoms with Gasteiger partial charge in [0.1, 0.15) is 5.69 Å². The van der Waals surface area contributed by atoms with E-state index >= 15 is 0 Å². The zero-order valence-electron chi connectivity index (χ0n) is 12.1. The average molecular weight is 299 g/mol. The Morgan fingerprint density at radius 1 is 1.43 bits per heavy atom. The molecule has 1 amide bonds. The zero-order chi connectivity index (χ0) is 15.6. The van der Waals surface area contributed by atoms with E-state index < -0.39 is 28.8 Å². The lowest BCUT2D eigenvalue weighted by molar-refractivity contribution is -0.0440. The van der Waals surface area contributed by atoms with Crippen LogP contribution in [-0.4, -0.2) is 36.6 Å². The topological polar surface area (TPSA) is 67.6 Å². The summed E-state index contributed by atoms with van der Waals surface area (Å²) >= 11 is 0. The quantitative estimate of drug-likeness (QED) is 0.661. The normalized spacial score (nSPS) is 22.2. The van der Waals surface area contributed by atoms with E-state index in [2.05, 4.69) is 0 Å². The predicted octanol–water partition coefficient (Wildman–Crippen LogP) is 1.89. The van der Waals surface area contributed by atoms with E-state index in [4.69, 9.17) is 10.6 Å². The Balaban J connectivity index is 2.24. The molecule has 21 heavy (non-hydrogen) atoms. The van der Waals surface area contributed by atoms with E-state index in [0.29, 0.717) is 13.1 Å². The van der Waals surface area contributed by atoms with Crippen LogP contribution in [0.3, 0.4) is 0 Å². The predicted molar refractivity (Wildman–Crippen MR) is 74.7 cm³/mol. The Hall–Kier alpha value is -1.73. The number of hydrogen-bond donors (Lipinski definition) is 2. The van der Waals surface area contributed by atoms with Crippen molar-refractivity contribution < 1.29 is 18.3 Å². The summed E-state index contributed by atoms with van der Waals surface area (Å²) in [6.07, 6.45) is 1.62. The smallest absolute Gasteiger partial charge is 0.254 e. The lowest BCUT2D eigenvalue weighted by Crippen LogP contribution is -2.49. The van der Waals surface area contributed by atoms with Gasteiger partial charge < -0.3 is 15.1 Å². The number of piperidine rings is 1. The lowest BCUT2D eigenvalue weighted by atomic mass is 9.94. The molecule has 0 aromatic heterocycles. The first-order valence-corrected chi connectivity index (χ1v) is 6.70. The van der Waals surface area contributed by atoms with Crippen LogP contribution in [0.1, 0.15) is 30.1 Å². The molecule has 1 fully saturated rings. The van der Waals surface area contributed by atoms with Crippen molar-refractivity contribution >= 4 is 11.6 Å². The van der Waals surface area contributed by atoms with Gasteiger partial charge in [0.05, 0.1) is 5.60 Å². The highest BCUT2D eigenvalue weighted by molar-refractivity contribution is 5.94. The van der Waals surface area contributed by atoms with Crippen LogP contribution in [0.4, 0.5) is 14.5 Å². The van der Waals surface area contributed by atoms with E-state index in [9.17, 15) is 13.6 Å². The van der Waals surface area contributed by atoms with Crippen LogP contribution in [0.2, 0.25) is 0 Å². The van der Waals surface area contributed by atoms with Crippen LogP contribution in [0.5, 0.6) is 0 Å². The number of likely N-dealkylation sites (tertiary alicyclic amines) is 1. The zero-order valence-corrected chi connectivity index (χ0v) is 12.1. The number of hydrazine groups is 1. The first-order valence-electron chi connectivity index (χ1n) is 6.70. The fraction of sp³-hybridized carbons (Fsp3) is 0.500. The maximum atomic E-state index is 13.7. The summed E-state index contributed by atoms with van der Waals surface area (Å²) in [6, 6.07) is 1.97. The molecular weight excluding hydrogens is 280 g/mol. The number of nitrogen functional groups attached to an aromatic ring is 1. The number of carbonyl (C=O) groups is 1. The van der Waals surface area contributed by atoms with E-state index in [0.717, 1.165) is 25.0 Å². The van der Waals surface area contributed by atoms with Crippen molar-refractivity contribution in [1.29, 1.82) is 0 Å². The Morgan fingerprint density at radius 3 is 2.57 bits per heavy atom. The van der Waals surface area contributed by atoms with Gasteiger partial charge in [0.25, 0.3) is 5.91 Å². The van der Waals surface area contributed by atoms with Gasteiger partial charge in [0, 0.05) is 25.8 Å². The Labute approximate surface area is 122 Å². The van der Waals surface area contributed by atoms with Crippen LogP contribution >= 0.6 is 0 Å². The number of benzene rings is 1. The van der Waals surface area contributed by atoms with Crippen LogP contribution in [0.15, 0.2) is 12.1 Å². The highest BCUT2D eigenvalue weighted by Crippen LogP contribution is 2.26. The second-order valence-electron chi connectivity index (χ2n) is 5.44. The van der Waals surface area contributed by atoms with Gasteiger partial charge in [-0.1, -0.05) is 0 Å². The minimum Gasteiger partial charge on any atom is -0.377 e. The number of amides is 1. The van der Waals surface area contributed by atoms with Crippen molar-refractivity contribution in [3.05, 3.63) is 29.3 Å². The molecule has 2 rings (SSSR count). The number of nitrogens with two attached hydrogens (primary N) is 1. The van der Waals surface area contributed by atoms with Crippen LogP contribution in [0.25, 0.3) is 0 Å². The molecule has 1 aromatic carbocycles. The van der Waals surface area contributed by atoms with E-state index in [1.807, 2.05) is 12.3 Å². The highest BCUT2D eigenvalue weighted by atomic mass is 19.1. The molecule has 0 saturated carbocycles. The molecule has 1 aliphatic heterocycles. The van der Waals surface area contributed by atoms with E-state index in [1.54, 1.807) is 12.0 Å². The number of nitrogens with zero attached hydrogens (tertiary/aromatic N) is 1. The van der Waals surface area contributed by atoms with Crippen molar-refractivity contribution in [3.8, 4) is 0 Å². The molecule has 1 unspecified atom stereocenters. The van der Waals surface area contributed by atoms with Gasteiger partial charge in [-0.3, -0.25) is 10.6 Å². The van der Waals surface area contributed by atoms with Crippen LogP contribution in [-0.2, 0) is 4.74 Å². The third kappa shape index (κ3) is 3.14. The van der Waals surface area contributed by atoms with E-state index in [1.165, 1.54) is 0 Å². The number of halogens is 2. The van der Waals surface area contributed by atoms with Gasteiger partial charge in [-0.25, -0.2) is 8.78 Å². The number of rotatable bonds is 3. The second kappa shape index (κ2) is 5.95. The first kappa shape index (κ1) is 15.7. The minimum atomic E-state index is -0.896. The number of methoxy groups -OCH3 is 1. The standard InChI is InChI=1S/C14H19F2N3O2/c1-14(21-2)4-3-5-19(8-14)13(20)9-6-10(15)12(18-17)11(16)7-9/h6-7,18H,3-5,8,17H2,1-2H3. The minimum absolute atomic E-state index is 0.0376. The summed E-state index contributed by atoms with van der Waals surface area (Å²) in [7, 11) is 1.59. The third-order valence-electron chi connectivity index (χ3n) is 3.87. The molecule has 7 heteroatoms. The third-order valence-corrected chi connectivity index (χ3v) is 3.87. The molecule has 0 spiro atoms. The number of anilines is 1. The number of nitrogens with one attached hydrogen (secondary N) is 1. The largest absolute Gasteiger partial charge is 0.377 e. The number of ether oxygens (including phenoxy) is 1. The van der Waals surface area contributed by atoms with Gasteiger partial charge in [-0.15, -0.1) is 0 Å². The van der Waals surface area contributed by atoms with Gasteiger partial charge in [-0.05, 0) is 31.9 Å². The molecule has 1 aromatic rings. The van der Waals surface area contributed by atoms with Crippen molar-refractivity contribution in [2.75, 3.05) is 25.6 Å². The lowest BCUT2D eigenvalue weighted by Gasteiger charge is -2.39. The first-order chi connectivity index (χ1) is 9.90. The Bertz CT molecular complexity index is 530. The molecule has 0 bridgehead atoms. The number of carbonyl (C=O) groups excluding carboxylic acids is 1. The molecule has 0 aliphatic carbocycles. The molecule has 116 valence electrons. The van der Waals surface area contributed by atoms with Gasteiger partial charge in [0.2, 0.25) is 0 Å². The molecule has 5 nitrogen and oxygen atoms in total. The Kier molecular flexibility index (Phi) is 4.43. The summed E-state index contributed by atoms with van der Waals surface area (Å²) in [5.74, 6) is 2.82. The monoisotopic (exact) mass is 299 g/mol. The highest BCUT2D eigenvalue weighted by Gasteiger charge is 2.33.